The van der Waals surface area contributed by atoms with Crippen LogP contribution in [-0.4, -0.2) is 47.1 Å². The number of nitrogens with zero attached hydrogens (tertiary/aromatic N) is 2. The Bertz CT molecular complexity index is 1130. The number of amides is 1. The SMILES string of the molecule is O=C(OCc1ccccc1)N1CC(CO)C(NC(=S)N=Cc2ccccc2)(c2ccccc2)C1. The monoisotopic (exact) mass is 473 g/mol. The zero-order valence-corrected chi connectivity index (χ0v) is 19.5. The molecule has 1 aliphatic heterocycles. The molecule has 174 valence electrons. The van der Waals surface area contributed by atoms with E-state index in [2.05, 4.69) is 10.3 Å². The molecule has 1 aliphatic rings. The van der Waals surface area contributed by atoms with Gasteiger partial charge in [-0.25, -0.2) is 9.79 Å². The van der Waals surface area contributed by atoms with E-state index in [-0.39, 0.29) is 30.8 Å². The number of ether oxygens (including phenoxy) is 1. The molecule has 7 heteroatoms. The van der Waals surface area contributed by atoms with Crippen molar-refractivity contribution in [3.05, 3.63) is 108 Å². The lowest BCUT2D eigenvalue weighted by Crippen LogP contribution is -2.52. The number of carbonyl (C=O) groups is 1. The second-order valence-corrected chi connectivity index (χ2v) is 8.62. The molecule has 2 unspecified atom stereocenters. The van der Waals surface area contributed by atoms with Crippen molar-refractivity contribution in [3.8, 4) is 0 Å². The zero-order valence-electron chi connectivity index (χ0n) is 18.7. The predicted molar refractivity (Wildman–Crippen MR) is 137 cm³/mol. The molecule has 0 saturated carbocycles. The number of thiocarbonyl (C=S) groups is 1. The third kappa shape index (κ3) is 5.50. The lowest BCUT2D eigenvalue weighted by atomic mass is 9.81. The van der Waals surface area contributed by atoms with Crippen molar-refractivity contribution in [2.24, 2.45) is 10.9 Å². The highest BCUT2D eigenvalue weighted by molar-refractivity contribution is 7.80. The molecule has 0 aliphatic carbocycles. The number of aliphatic hydroxyl groups excluding tert-OH is 1. The van der Waals surface area contributed by atoms with Gasteiger partial charge in [-0.3, -0.25) is 0 Å². The fourth-order valence-corrected chi connectivity index (χ4v) is 4.49. The first-order valence-corrected chi connectivity index (χ1v) is 11.5. The molecule has 2 atom stereocenters. The van der Waals surface area contributed by atoms with Crippen molar-refractivity contribution < 1.29 is 14.6 Å². The van der Waals surface area contributed by atoms with Crippen LogP contribution in [0.1, 0.15) is 16.7 Å². The van der Waals surface area contributed by atoms with Gasteiger partial charge in [0.15, 0.2) is 5.11 Å². The third-order valence-corrected chi connectivity index (χ3v) is 6.22. The lowest BCUT2D eigenvalue weighted by Gasteiger charge is -2.35. The number of aliphatic imine (C=N–C) groups is 1. The van der Waals surface area contributed by atoms with E-state index in [4.69, 9.17) is 17.0 Å². The van der Waals surface area contributed by atoms with E-state index < -0.39 is 11.6 Å². The Kier molecular flexibility index (Phi) is 7.67. The van der Waals surface area contributed by atoms with Crippen molar-refractivity contribution in [2.45, 2.75) is 12.1 Å². The first-order valence-electron chi connectivity index (χ1n) is 11.1. The summed E-state index contributed by atoms with van der Waals surface area (Å²) in [5.41, 5.74) is 1.96. The molecule has 1 amide bonds. The molecule has 0 spiro atoms. The van der Waals surface area contributed by atoms with E-state index in [0.717, 1.165) is 16.7 Å². The summed E-state index contributed by atoms with van der Waals surface area (Å²) in [5.74, 6) is -0.302. The largest absolute Gasteiger partial charge is 0.445 e. The molecule has 0 aromatic heterocycles. The van der Waals surface area contributed by atoms with Gasteiger partial charge in [0.25, 0.3) is 0 Å². The van der Waals surface area contributed by atoms with Gasteiger partial charge in [-0.15, -0.1) is 0 Å². The number of hydrogen-bond donors (Lipinski definition) is 2. The van der Waals surface area contributed by atoms with Gasteiger partial charge in [0, 0.05) is 18.7 Å². The molecule has 1 heterocycles. The van der Waals surface area contributed by atoms with Crippen LogP contribution in [-0.2, 0) is 16.9 Å². The van der Waals surface area contributed by atoms with Crippen LogP contribution in [0.5, 0.6) is 0 Å². The Morgan fingerprint density at radius 2 is 1.68 bits per heavy atom. The molecule has 1 fully saturated rings. The van der Waals surface area contributed by atoms with Crippen molar-refractivity contribution >= 4 is 29.6 Å². The van der Waals surface area contributed by atoms with Crippen LogP contribution in [0.4, 0.5) is 4.79 Å². The number of rotatable bonds is 6. The lowest BCUT2D eigenvalue weighted by molar-refractivity contribution is 0.101. The second-order valence-electron chi connectivity index (χ2n) is 8.24. The highest BCUT2D eigenvalue weighted by Crippen LogP contribution is 2.37. The molecular weight excluding hydrogens is 446 g/mol. The van der Waals surface area contributed by atoms with Crippen LogP contribution in [0.2, 0.25) is 0 Å². The van der Waals surface area contributed by atoms with Gasteiger partial charge in [0.2, 0.25) is 0 Å². The maximum atomic E-state index is 12.9. The minimum Gasteiger partial charge on any atom is -0.445 e. The van der Waals surface area contributed by atoms with Crippen LogP contribution in [0.3, 0.4) is 0 Å². The van der Waals surface area contributed by atoms with E-state index in [9.17, 15) is 9.90 Å². The van der Waals surface area contributed by atoms with Gasteiger partial charge in [-0.1, -0.05) is 91.0 Å². The van der Waals surface area contributed by atoms with E-state index in [1.807, 2.05) is 91.0 Å². The average Bonchev–Trinajstić information content (AvgIpc) is 3.27. The predicted octanol–water partition coefficient (Wildman–Crippen LogP) is 4.14. The summed E-state index contributed by atoms with van der Waals surface area (Å²) in [6.07, 6.45) is 1.27. The van der Waals surface area contributed by atoms with Gasteiger partial charge in [-0.2, -0.15) is 0 Å². The molecule has 3 aromatic rings. The van der Waals surface area contributed by atoms with Crippen LogP contribution >= 0.6 is 12.2 Å². The summed E-state index contributed by atoms with van der Waals surface area (Å²) in [6, 6.07) is 29.0. The molecule has 34 heavy (non-hydrogen) atoms. The van der Waals surface area contributed by atoms with E-state index in [0.29, 0.717) is 6.54 Å². The second kappa shape index (κ2) is 11.0. The molecule has 4 rings (SSSR count). The highest BCUT2D eigenvalue weighted by Gasteiger charge is 2.50. The minimum absolute atomic E-state index is 0.130. The fourth-order valence-electron chi connectivity index (χ4n) is 4.25. The summed E-state index contributed by atoms with van der Waals surface area (Å²) in [7, 11) is 0. The fraction of sp³-hybridized carbons (Fsp3) is 0.222. The number of hydrogen-bond acceptors (Lipinski definition) is 4. The van der Waals surface area contributed by atoms with E-state index in [1.54, 1.807) is 11.1 Å². The summed E-state index contributed by atoms with van der Waals surface area (Å²) in [4.78, 5) is 19.0. The number of aliphatic hydroxyl groups is 1. The summed E-state index contributed by atoms with van der Waals surface area (Å²) >= 11 is 5.56. The Morgan fingerprint density at radius 1 is 1.06 bits per heavy atom. The Hall–Kier alpha value is -3.55. The van der Waals surface area contributed by atoms with Gasteiger partial charge in [0.05, 0.1) is 18.7 Å². The van der Waals surface area contributed by atoms with Crippen molar-refractivity contribution in [3.63, 3.8) is 0 Å². The summed E-state index contributed by atoms with van der Waals surface area (Å²) < 4.78 is 5.56. The van der Waals surface area contributed by atoms with E-state index in [1.165, 1.54) is 0 Å². The Labute approximate surface area is 204 Å². The maximum Gasteiger partial charge on any atom is 0.410 e. The first kappa shape index (κ1) is 23.6. The number of nitrogens with one attached hydrogen (secondary N) is 1. The van der Waals surface area contributed by atoms with Crippen LogP contribution in [0.15, 0.2) is 96.0 Å². The van der Waals surface area contributed by atoms with E-state index >= 15 is 0 Å². The highest BCUT2D eigenvalue weighted by atomic mass is 32.1. The Balaban J connectivity index is 1.54. The van der Waals surface area contributed by atoms with Gasteiger partial charge in [0.1, 0.15) is 6.61 Å². The van der Waals surface area contributed by atoms with Crippen LogP contribution in [0.25, 0.3) is 0 Å². The quantitative estimate of drug-likeness (QED) is 0.416. The van der Waals surface area contributed by atoms with Crippen LogP contribution < -0.4 is 5.32 Å². The summed E-state index contributed by atoms with van der Waals surface area (Å²) in [6.45, 7) is 0.675. The average molecular weight is 474 g/mol. The third-order valence-electron chi connectivity index (χ3n) is 6.01. The topological polar surface area (TPSA) is 74.2 Å². The first-order chi connectivity index (χ1) is 16.6. The molecule has 3 aromatic carbocycles. The zero-order chi connectivity index (χ0) is 23.8. The Morgan fingerprint density at radius 3 is 2.32 bits per heavy atom. The van der Waals surface area contributed by atoms with Crippen molar-refractivity contribution in [2.75, 3.05) is 19.7 Å². The molecule has 2 N–H and O–H groups in total. The molecule has 1 saturated heterocycles. The van der Waals surface area contributed by atoms with Gasteiger partial charge in [-0.05, 0) is 28.9 Å². The van der Waals surface area contributed by atoms with Gasteiger partial charge >= 0.3 is 6.09 Å². The summed E-state index contributed by atoms with van der Waals surface area (Å²) in [5, 5.41) is 13.9. The number of carbonyl (C=O) groups excluding carboxylic acids is 1. The molecule has 6 nitrogen and oxygen atoms in total. The maximum absolute atomic E-state index is 12.9. The normalized spacial score (nSPS) is 19.8. The van der Waals surface area contributed by atoms with Crippen molar-refractivity contribution in [1.29, 1.82) is 0 Å². The number of likely N-dealkylation sites (tertiary alicyclic amines) is 1. The molecule has 0 radical (unpaired) electrons. The van der Waals surface area contributed by atoms with Crippen LogP contribution in [0, 0.1) is 5.92 Å². The molecule has 0 bridgehead atoms. The minimum atomic E-state index is -0.799. The molecular formula is C27H27N3O3S. The standard InChI is InChI=1S/C27H27N3O3S/c31-18-24-17-30(26(32)33-19-22-12-6-2-7-13-22)20-27(24,23-14-8-3-9-15-23)29-25(34)28-16-21-10-4-1-5-11-21/h1-16,24,31H,17-20H2,(H,29,34). The van der Waals surface area contributed by atoms with Gasteiger partial charge < -0.3 is 20.1 Å². The smallest absolute Gasteiger partial charge is 0.410 e. The number of benzene rings is 3. The van der Waals surface area contributed by atoms with Crippen molar-refractivity contribution in [1.82, 2.24) is 10.2 Å².